The fourth-order valence-electron chi connectivity index (χ4n) is 2.69. The molecule has 10 heteroatoms. The Morgan fingerprint density at radius 2 is 2.09 bits per heavy atom. The summed E-state index contributed by atoms with van der Waals surface area (Å²) in [7, 11) is -2.40. The van der Waals surface area contributed by atoms with Gasteiger partial charge in [-0.2, -0.15) is 4.31 Å². The fraction of sp³-hybridized carbons (Fsp3) is 0.538. The summed E-state index contributed by atoms with van der Waals surface area (Å²) in [6, 6.07) is 4.92. The highest BCUT2D eigenvalue weighted by atomic mass is 35.5. The number of halogens is 1. The maximum absolute atomic E-state index is 12.8. The maximum Gasteiger partial charge on any atom is 0.289 e. The highest BCUT2D eigenvalue weighted by Crippen LogP contribution is 2.31. The lowest BCUT2D eigenvalue weighted by molar-refractivity contribution is -0.387. The molecule has 1 aliphatic heterocycles. The topological polar surface area (TPSA) is 116 Å². The van der Waals surface area contributed by atoms with Gasteiger partial charge in [-0.3, -0.25) is 10.1 Å². The molecule has 0 radical (unpaired) electrons. The molecular formula is C13H20ClN3O5S. The zero-order chi connectivity index (χ0) is 16.3. The summed E-state index contributed by atoms with van der Waals surface area (Å²) in [6.45, 7) is 0.370. The van der Waals surface area contributed by atoms with E-state index in [2.05, 4.69) is 0 Å². The lowest BCUT2D eigenvalue weighted by Crippen LogP contribution is -2.51. The van der Waals surface area contributed by atoms with Crippen molar-refractivity contribution in [2.75, 3.05) is 20.2 Å². The molecule has 23 heavy (non-hydrogen) atoms. The minimum atomic E-state index is -3.97. The predicted molar refractivity (Wildman–Crippen MR) is 87.1 cm³/mol. The van der Waals surface area contributed by atoms with E-state index in [4.69, 9.17) is 10.5 Å². The third-order valence-electron chi connectivity index (χ3n) is 3.87. The van der Waals surface area contributed by atoms with Gasteiger partial charge >= 0.3 is 0 Å². The Morgan fingerprint density at radius 1 is 1.43 bits per heavy atom. The molecule has 8 nitrogen and oxygen atoms in total. The number of rotatable bonds is 5. The van der Waals surface area contributed by atoms with E-state index in [0.29, 0.717) is 12.8 Å². The molecule has 1 saturated heterocycles. The Kier molecular flexibility index (Phi) is 6.90. The molecule has 0 bridgehead atoms. The fourth-order valence-corrected chi connectivity index (χ4v) is 4.51. The summed E-state index contributed by atoms with van der Waals surface area (Å²) in [5.74, 6) is 0. The van der Waals surface area contributed by atoms with Gasteiger partial charge in [0.15, 0.2) is 4.90 Å². The van der Waals surface area contributed by atoms with E-state index in [0.717, 1.165) is 0 Å². The average Bonchev–Trinajstić information content (AvgIpc) is 2.54. The maximum atomic E-state index is 12.8. The number of hydrogen-bond acceptors (Lipinski definition) is 6. The number of benzene rings is 1. The highest BCUT2D eigenvalue weighted by molar-refractivity contribution is 7.89. The molecule has 0 saturated carbocycles. The van der Waals surface area contributed by atoms with Gasteiger partial charge in [-0.05, 0) is 18.9 Å². The minimum Gasteiger partial charge on any atom is -0.381 e. The third kappa shape index (κ3) is 3.99. The van der Waals surface area contributed by atoms with Crippen LogP contribution in [-0.2, 0) is 14.8 Å². The van der Waals surface area contributed by atoms with Crippen LogP contribution in [-0.4, -0.2) is 50.0 Å². The lowest BCUT2D eigenvalue weighted by atomic mass is 10.0. The number of para-hydroxylation sites is 1. The van der Waals surface area contributed by atoms with Crippen molar-refractivity contribution in [1.29, 1.82) is 0 Å². The number of ether oxygens (including phenoxy) is 1. The Balaban J connectivity index is 0.00000264. The number of nitro benzene ring substituents is 1. The summed E-state index contributed by atoms with van der Waals surface area (Å²) in [6.07, 6.45) is 0.963. The number of methoxy groups -OCH3 is 1. The zero-order valence-corrected chi connectivity index (χ0v) is 14.3. The Hall–Kier alpha value is -1.26. The van der Waals surface area contributed by atoms with E-state index in [9.17, 15) is 18.5 Å². The van der Waals surface area contributed by atoms with Crippen molar-refractivity contribution in [1.82, 2.24) is 4.31 Å². The Morgan fingerprint density at radius 3 is 2.65 bits per heavy atom. The van der Waals surface area contributed by atoms with E-state index in [1.807, 2.05) is 0 Å². The van der Waals surface area contributed by atoms with Crippen LogP contribution in [0.5, 0.6) is 0 Å². The van der Waals surface area contributed by atoms with Gasteiger partial charge in [-0.1, -0.05) is 12.1 Å². The summed E-state index contributed by atoms with van der Waals surface area (Å²) in [5.41, 5.74) is 5.26. The molecule has 1 aliphatic rings. The normalized spacial score (nSPS) is 22.3. The summed E-state index contributed by atoms with van der Waals surface area (Å²) < 4.78 is 32.1. The van der Waals surface area contributed by atoms with Gasteiger partial charge < -0.3 is 10.5 Å². The first-order valence-electron chi connectivity index (χ1n) is 6.90. The molecule has 1 heterocycles. The van der Waals surface area contributed by atoms with Crippen molar-refractivity contribution in [2.45, 2.75) is 29.9 Å². The van der Waals surface area contributed by atoms with Crippen LogP contribution < -0.4 is 5.73 Å². The second-order valence-electron chi connectivity index (χ2n) is 5.11. The van der Waals surface area contributed by atoms with Crippen molar-refractivity contribution in [3.8, 4) is 0 Å². The molecule has 0 amide bonds. The predicted octanol–water partition coefficient (Wildman–Crippen LogP) is 1.14. The SMILES string of the molecule is COC1CCN(S(=O)(=O)c2ccccc2[N+](=O)[O-])C(CN)C1.Cl. The molecule has 2 atom stereocenters. The van der Waals surface area contributed by atoms with Crippen molar-refractivity contribution in [3.05, 3.63) is 34.4 Å². The van der Waals surface area contributed by atoms with Crippen LogP contribution in [0.3, 0.4) is 0 Å². The summed E-state index contributed by atoms with van der Waals surface area (Å²) >= 11 is 0. The molecule has 0 aliphatic carbocycles. The number of sulfonamides is 1. The second kappa shape index (κ2) is 8.02. The van der Waals surface area contributed by atoms with Crippen LogP contribution in [0.2, 0.25) is 0 Å². The van der Waals surface area contributed by atoms with Crippen LogP contribution in [0.4, 0.5) is 5.69 Å². The third-order valence-corrected chi connectivity index (χ3v) is 5.87. The van der Waals surface area contributed by atoms with Gasteiger partial charge in [0.25, 0.3) is 5.69 Å². The van der Waals surface area contributed by atoms with E-state index in [-0.39, 0.29) is 36.5 Å². The monoisotopic (exact) mass is 365 g/mol. The molecule has 2 unspecified atom stereocenters. The van der Waals surface area contributed by atoms with Gasteiger partial charge in [0.2, 0.25) is 10.0 Å². The summed E-state index contributed by atoms with van der Waals surface area (Å²) in [5, 5.41) is 11.1. The van der Waals surface area contributed by atoms with E-state index >= 15 is 0 Å². The minimum absolute atomic E-state index is 0. The van der Waals surface area contributed by atoms with Crippen molar-refractivity contribution in [3.63, 3.8) is 0 Å². The van der Waals surface area contributed by atoms with Crippen LogP contribution in [0.1, 0.15) is 12.8 Å². The van der Waals surface area contributed by atoms with Crippen LogP contribution in [0.25, 0.3) is 0 Å². The number of nitrogens with zero attached hydrogens (tertiary/aromatic N) is 2. The zero-order valence-electron chi connectivity index (χ0n) is 12.6. The van der Waals surface area contributed by atoms with Gasteiger partial charge in [0.05, 0.1) is 11.0 Å². The molecule has 1 aromatic rings. The average molecular weight is 366 g/mol. The van der Waals surface area contributed by atoms with E-state index in [1.54, 1.807) is 7.11 Å². The molecular weight excluding hydrogens is 346 g/mol. The number of nitrogens with two attached hydrogens (primary N) is 1. The van der Waals surface area contributed by atoms with E-state index in [1.165, 1.54) is 28.6 Å². The Bertz CT molecular complexity index is 655. The van der Waals surface area contributed by atoms with Crippen molar-refractivity contribution >= 4 is 28.1 Å². The number of piperidine rings is 1. The summed E-state index contributed by atoms with van der Waals surface area (Å²) in [4.78, 5) is 10.1. The molecule has 1 fully saturated rings. The van der Waals surface area contributed by atoms with Gasteiger partial charge in [-0.25, -0.2) is 8.42 Å². The van der Waals surface area contributed by atoms with E-state index < -0.39 is 26.7 Å². The van der Waals surface area contributed by atoms with Crippen molar-refractivity contribution in [2.24, 2.45) is 5.73 Å². The Labute approximate surface area is 141 Å². The van der Waals surface area contributed by atoms with Gasteiger partial charge in [0, 0.05) is 32.3 Å². The highest BCUT2D eigenvalue weighted by Gasteiger charge is 2.39. The first-order chi connectivity index (χ1) is 10.4. The number of hydrogen-bond donors (Lipinski definition) is 1. The quantitative estimate of drug-likeness (QED) is 0.618. The number of nitro groups is 1. The molecule has 0 spiro atoms. The first-order valence-corrected chi connectivity index (χ1v) is 8.34. The van der Waals surface area contributed by atoms with Crippen molar-refractivity contribution < 1.29 is 18.1 Å². The van der Waals surface area contributed by atoms with Crippen LogP contribution in [0, 0.1) is 10.1 Å². The molecule has 2 rings (SSSR count). The van der Waals surface area contributed by atoms with Gasteiger partial charge in [0.1, 0.15) is 0 Å². The standard InChI is InChI=1S/C13H19N3O5S.ClH/c1-21-11-6-7-15(10(8-11)9-14)22(19,20)13-5-3-2-4-12(13)16(17)18;/h2-5,10-11H,6-9,14H2,1H3;1H. The first kappa shape index (κ1) is 19.8. The lowest BCUT2D eigenvalue weighted by Gasteiger charge is -2.37. The van der Waals surface area contributed by atoms with Crippen LogP contribution in [0.15, 0.2) is 29.2 Å². The van der Waals surface area contributed by atoms with Crippen LogP contribution >= 0.6 is 12.4 Å². The molecule has 1 aromatic carbocycles. The smallest absolute Gasteiger partial charge is 0.289 e. The van der Waals surface area contributed by atoms with Gasteiger partial charge in [-0.15, -0.1) is 12.4 Å². The molecule has 0 aromatic heterocycles. The second-order valence-corrected chi connectivity index (χ2v) is 6.97. The molecule has 130 valence electrons. The largest absolute Gasteiger partial charge is 0.381 e. The molecule has 2 N–H and O–H groups in total.